The van der Waals surface area contributed by atoms with Crippen molar-refractivity contribution in [2.75, 3.05) is 32.8 Å². The Morgan fingerprint density at radius 2 is 1.73 bits per heavy atom. The molecule has 0 unspecified atom stereocenters. The number of hydrogen-bond acceptors (Lipinski definition) is 5. The third-order valence-electron chi connectivity index (χ3n) is 6.90. The first kappa shape index (κ1) is 22.0. The Kier molecular flexibility index (Phi) is 6.38. The fraction of sp³-hybridized carbons (Fsp3) is 0.444. The molecule has 0 saturated carbocycles. The number of nitrogens with zero attached hydrogens (tertiary/aromatic N) is 2. The molecule has 0 atom stereocenters. The van der Waals surface area contributed by atoms with Crippen molar-refractivity contribution in [1.82, 2.24) is 14.8 Å². The first-order chi connectivity index (χ1) is 16.1. The highest BCUT2D eigenvalue weighted by molar-refractivity contribution is 5.83. The Labute approximate surface area is 195 Å². The summed E-state index contributed by atoms with van der Waals surface area (Å²) < 4.78 is 13.2. The van der Waals surface area contributed by atoms with E-state index in [4.69, 9.17) is 9.47 Å². The van der Waals surface area contributed by atoms with E-state index in [1.54, 1.807) is 6.07 Å². The zero-order chi connectivity index (χ0) is 22.8. The van der Waals surface area contributed by atoms with Gasteiger partial charge in [0.2, 0.25) is 0 Å². The summed E-state index contributed by atoms with van der Waals surface area (Å²) in [5, 5.41) is 4.88. The first-order valence-electron chi connectivity index (χ1n) is 12.0. The van der Waals surface area contributed by atoms with Gasteiger partial charge in [0.25, 0.3) is 5.56 Å². The molecule has 6 heteroatoms. The molecular formula is C27H33N3O3. The summed E-state index contributed by atoms with van der Waals surface area (Å²) in [4.78, 5) is 15.2. The molecule has 2 aliphatic rings. The van der Waals surface area contributed by atoms with Crippen LogP contribution in [0.5, 0.6) is 11.5 Å². The molecule has 2 aliphatic heterocycles. The van der Waals surface area contributed by atoms with Crippen molar-refractivity contribution in [2.45, 2.75) is 45.8 Å². The largest absolute Gasteiger partial charge is 0.486 e. The van der Waals surface area contributed by atoms with E-state index >= 15 is 0 Å². The molecule has 0 spiro atoms. The van der Waals surface area contributed by atoms with Crippen LogP contribution in [0.1, 0.15) is 29.5 Å². The lowest BCUT2D eigenvalue weighted by atomic mass is 10.0. The molecule has 174 valence electrons. The second-order valence-corrected chi connectivity index (χ2v) is 9.31. The predicted octanol–water partition coefficient (Wildman–Crippen LogP) is 3.64. The lowest BCUT2D eigenvalue weighted by Crippen LogP contribution is -2.43. The Balaban J connectivity index is 1.14. The van der Waals surface area contributed by atoms with E-state index in [0.29, 0.717) is 19.3 Å². The summed E-state index contributed by atoms with van der Waals surface area (Å²) in [6, 6.07) is 14.9. The molecule has 0 radical (unpaired) electrons. The minimum absolute atomic E-state index is 0.0971. The summed E-state index contributed by atoms with van der Waals surface area (Å²) in [6.07, 6.45) is 2.24. The summed E-state index contributed by atoms with van der Waals surface area (Å²) >= 11 is 0. The summed E-state index contributed by atoms with van der Waals surface area (Å²) in [7, 11) is 0. The molecule has 2 aromatic carbocycles. The van der Waals surface area contributed by atoms with Gasteiger partial charge in [0.15, 0.2) is 11.5 Å². The molecule has 1 fully saturated rings. The van der Waals surface area contributed by atoms with Crippen molar-refractivity contribution < 1.29 is 9.47 Å². The van der Waals surface area contributed by atoms with E-state index in [-0.39, 0.29) is 5.56 Å². The normalized spacial score (nSPS) is 16.9. The number of hydrogen-bond donors (Lipinski definition) is 1. The van der Waals surface area contributed by atoms with Crippen molar-refractivity contribution in [1.29, 1.82) is 0 Å². The van der Waals surface area contributed by atoms with E-state index in [1.165, 1.54) is 16.5 Å². The van der Waals surface area contributed by atoms with Crippen LogP contribution in [0.4, 0.5) is 0 Å². The van der Waals surface area contributed by atoms with E-state index in [0.717, 1.165) is 68.1 Å². The minimum Gasteiger partial charge on any atom is -0.486 e. The van der Waals surface area contributed by atoms with Gasteiger partial charge in [-0.15, -0.1) is 0 Å². The van der Waals surface area contributed by atoms with Crippen LogP contribution in [0, 0.1) is 13.8 Å². The molecule has 1 saturated heterocycles. The molecule has 6 nitrogen and oxygen atoms in total. The highest BCUT2D eigenvalue weighted by Gasteiger charge is 2.19. The van der Waals surface area contributed by atoms with Crippen LogP contribution >= 0.6 is 0 Å². The average Bonchev–Trinajstić information content (AvgIpc) is 2.83. The van der Waals surface area contributed by atoms with Gasteiger partial charge in [0, 0.05) is 37.1 Å². The van der Waals surface area contributed by atoms with E-state index < -0.39 is 0 Å². The van der Waals surface area contributed by atoms with Gasteiger partial charge in [0.1, 0.15) is 13.2 Å². The Morgan fingerprint density at radius 1 is 0.939 bits per heavy atom. The predicted molar refractivity (Wildman–Crippen MR) is 131 cm³/mol. The van der Waals surface area contributed by atoms with Crippen molar-refractivity contribution in [3.05, 3.63) is 69.5 Å². The summed E-state index contributed by atoms with van der Waals surface area (Å²) in [5.41, 5.74) is 4.64. The number of aromatic nitrogens is 1. The maximum atomic E-state index is 12.7. The molecule has 1 aromatic heterocycles. The number of rotatable bonds is 6. The van der Waals surface area contributed by atoms with Gasteiger partial charge in [-0.05, 0) is 75.2 Å². The first-order valence-corrected chi connectivity index (χ1v) is 12.0. The van der Waals surface area contributed by atoms with E-state index in [1.807, 2.05) is 17.6 Å². The third-order valence-corrected chi connectivity index (χ3v) is 6.90. The summed E-state index contributed by atoms with van der Waals surface area (Å²) in [6.45, 7) is 9.94. The number of aryl methyl sites for hydroxylation is 2. The monoisotopic (exact) mass is 447 g/mol. The molecule has 3 heterocycles. The van der Waals surface area contributed by atoms with Gasteiger partial charge < -0.3 is 24.3 Å². The second kappa shape index (κ2) is 9.57. The van der Waals surface area contributed by atoms with Crippen LogP contribution in [0.2, 0.25) is 0 Å². The number of benzene rings is 2. The molecule has 0 bridgehead atoms. The Hall–Kier alpha value is -2.83. The maximum absolute atomic E-state index is 12.7. The Bertz CT molecular complexity index is 1200. The van der Waals surface area contributed by atoms with Crippen LogP contribution in [0.25, 0.3) is 10.9 Å². The van der Waals surface area contributed by atoms with Crippen molar-refractivity contribution >= 4 is 10.9 Å². The van der Waals surface area contributed by atoms with Crippen LogP contribution in [-0.2, 0) is 13.1 Å². The highest BCUT2D eigenvalue weighted by atomic mass is 16.6. The van der Waals surface area contributed by atoms with Gasteiger partial charge >= 0.3 is 0 Å². The number of pyridine rings is 1. The maximum Gasteiger partial charge on any atom is 0.251 e. The summed E-state index contributed by atoms with van der Waals surface area (Å²) in [5.74, 6) is 1.69. The lowest BCUT2D eigenvalue weighted by molar-refractivity contribution is 0.171. The Morgan fingerprint density at radius 3 is 2.55 bits per heavy atom. The van der Waals surface area contributed by atoms with Crippen LogP contribution < -0.4 is 20.3 Å². The number of fused-ring (bicyclic) bond motifs is 2. The zero-order valence-electron chi connectivity index (χ0n) is 19.6. The third kappa shape index (κ3) is 4.92. The van der Waals surface area contributed by atoms with Gasteiger partial charge in [0.05, 0.1) is 5.52 Å². The lowest BCUT2D eigenvalue weighted by Gasteiger charge is -2.32. The minimum atomic E-state index is 0.0971. The molecule has 33 heavy (non-hydrogen) atoms. The van der Waals surface area contributed by atoms with Crippen molar-refractivity contribution in [3.63, 3.8) is 0 Å². The van der Waals surface area contributed by atoms with Gasteiger partial charge in [-0.2, -0.15) is 0 Å². The SMILES string of the molecule is Cc1ccc2c(c1)c(C)cc(=O)n2CCN1CCC(NCc2ccc3c(c2)OCCO3)CC1. The van der Waals surface area contributed by atoms with E-state index in [2.05, 4.69) is 47.5 Å². The van der Waals surface area contributed by atoms with Crippen molar-refractivity contribution in [2.24, 2.45) is 0 Å². The van der Waals surface area contributed by atoms with Gasteiger partial charge in [-0.1, -0.05) is 17.7 Å². The van der Waals surface area contributed by atoms with Crippen molar-refractivity contribution in [3.8, 4) is 11.5 Å². The number of piperidine rings is 1. The highest BCUT2D eigenvalue weighted by Crippen LogP contribution is 2.30. The van der Waals surface area contributed by atoms with Gasteiger partial charge in [-0.3, -0.25) is 4.79 Å². The standard InChI is InChI=1S/C27H33N3O3/c1-19-3-5-24-23(15-19)20(2)16-27(31)30(24)12-11-29-9-7-22(8-10-29)28-18-21-4-6-25-26(17-21)33-14-13-32-25/h3-6,15-17,22,28H,7-14,18H2,1-2H3. The topological polar surface area (TPSA) is 55.7 Å². The molecule has 3 aromatic rings. The molecular weight excluding hydrogens is 414 g/mol. The van der Waals surface area contributed by atoms with Crippen LogP contribution in [-0.4, -0.2) is 48.4 Å². The van der Waals surface area contributed by atoms with Crippen LogP contribution in [0.3, 0.4) is 0 Å². The molecule has 0 amide bonds. The molecule has 1 N–H and O–H groups in total. The second-order valence-electron chi connectivity index (χ2n) is 9.31. The molecule has 0 aliphatic carbocycles. The fourth-order valence-corrected chi connectivity index (χ4v) is 4.95. The fourth-order valence-electron chi connectivity index (χ4n) is 4.95. The smallest absolute Gasteiger partial charge is 0.251 e. The average molecular weight is 448 g/mol. The molecule has 5 rings (SSSR count). The number of likely N-dealkylation sites (tertiary alicyclic amines) is 1. The zero-order valence-corrected chi connectivity index (χ0v) is 19.6. The van der Waals surface area contributed by atoms with Crippen LogP contribution in [0.15, 0.2) is 47.3 Å². The quantitative estimate of drug-likeness (QED) is 0.625. The van der Waals surface area contributed by atoms with Gasteiger partial charge in [-0.25, -0.2) is 0 Å². The number of nitrogens with one attached hydrogen (secondary N) is 1. The number of ether oxygens (including phenoxy) is 2. The van der Waals surface area contributed by atoms with E-state index in [9.17, 15) is 4.79 Å².